The van der Waals surface area contributed by atoms with Gasteiger partial charge in [0.1, 0.15) is 23.3 Å². The van der Waals surface area contributed by atoms with Gasteiger partial charge in [-0.3, -0.25) is 0 Å². The van der Waals surface area contributed by atoms with Crippen molar-refractivity contribution in [1.82, 2.24) is 14.5 Å². The van der Waals surface area contributed by atoms with Gasteiger partial charge < -0.3 is 24.7 Å². The summed E-state index contributed by atoms with van der Waals surface area (Å²) in [7, 11) is 1.82. The molecule has 2 amide bonds. The van der Waals surface area contributed by atoms with Gasteiger partial charge in [-0.2, -0.15) is 13.8 Å². The number of alkyl halides is 4. The van der Waals surface area contributed by atoms with Crippen molar-refractivity contribution in [2.24, 2.45) is 7.05 Å². The third kappa shape index (κ3) is 4.57. The van der Waals surface area contributed by atoms with E-state index in [0.29, 0.717) is 22.7 Å². The number of fused-ring (bicyclic) bond motifs is 2. The Bertz CT molecular complexity index is 1500. The van der Waals surface area contributed by atoms with Crippen molar-refractivity contribution in [2.45, 2.75) is 12.4 Å². The van der Waals surface area contributed by atoms with E-state index in [-0.39, 0.29) is 16.4 Å². The molecule has 14 heteroatoms. The van der Waals surface area contributed by atoms with E-state index in [9.17, 15) is 22.4 Å². The first-order chi connectivity index (χ1) is 17.0. The highest BCUT2D eigenvalue weighted by Gasteiger charge is 2.54. The van der Waals surface area contributed by atoms with Crippen LogP contribution in [0.25, 0.3) is 11.0 Å². The average molecular weight is 524 g/mol. The maximum absolute atomic E-state index is 13.9. The Labute approximate surface area is 204 Å². The average Bonchev–Trinajstić information content (AvgIpc) is 3.17. The normalized spacial score (nSPS) is 15.6. The molecule has 0 unspecified atom stereocenters. The second kappa shape index (κ2) is 8.53. The number of nitrogens with one attached hydrogen (secondary N) is 2. The van der Waals surface area contributed by atoms with Crippen molar-refractivity contribution < 1.29 is 36.6 Å². The number of ether oxygens (including phenoxy) is 3. The first-order valence-corrected chi connectivity index (χ1v) is 10.5. The SMILES string of the molecule is Cn1ccc2ncnc(Oc3ccc(NC(=O)Nc4ccc5c(c4)C(F)(F)OC(F)(F)O5)c(Cl)c3)c21. The highest BCUT2D eigenvalue weighted by molar-refractivity contribution is 6.34. The minimum absolute atomic E-state index is 0.112. The number of rotatable bonds is 4. The van der Waals surface area contributed by atoms with Crippen LogP contribution < -0.4 is 20.1 Å². The van der Waals surface area contributed by atoms with Crippen LogP contribution in [0.2, 0.25) is 5.02 Å². The number of urea groups is 1. The number of nitrogens with zero attached hydrogens (tertiary/aromatic N) is 3. The number of hydrogen-bond donors (Lipinski definition) is 2. The highest BCUT2D eigenvalue weighted by atomic mass is 35.5. The first kappa shape index (κ1) is 23.6. The van der Waals surface area contributed by atoms with E-state index in [1.54, 1.807) is 4.57 Å². The predicted molar refractivity (Wildman–Crippen MR) is 120 cm³/mol. The van der Waals surface area contributed by atoms with Gasteiger partial charge >= 0.3 is 18.4 Å². The van der Waals surface area contributed by atoms with Gasteiger partial charge in [0, 0.05) is 25.0 Å². The van der Waals surface area contributed by atoms with Crippen molar-refractivity contribution >= 4 is 40.0 Å². The van der Waals surface area contributed by atoms with Crippen molar-refractivity contribution in [3.05, 3.63) is 65.6 Å². The van der Waals surface area contributed by atoms with Crippen molar-refractivity contribution in [3.8, 4) is 17.4 Å². The quantitative estimate of drug-likeness (QED) is 0.315. The van der Waals surface area contributed by atoms with Gasteiger partial charge in [-0.15, -0.1) is 8.78 Å². The summed E-state index contributed by atoms with van der Waals surface area (Å²) < 4.78 is 69.3. The number of carbonyl (C=O) groups is 1. The van der Waals surface area contributed by atoms with Gasteiger partial charge in [0.25, 0.3) is 0 Å². The van der Waals surface area contributed by atoms with Crippen LogP contribution in [0.5, 0.6) is 17.4 Å². The van der Waals surface area contributed by atoms with Crippen LogP contribution in [0.3, 0.4) is 0 Å². The molecule has 5 rings (SSSR count). The zero-order chi connectivity index (χ0) is 25.7. The molecule has 1 aliphatic heterocycles. The lowest BCUT2D eigenvalue weighted by Crippen LogP contribution is -2.41. The van der Waals surface area contributed by atoms with Crippen LogP contribution in [0, 0.1) is 0 Å². The summed E-state index contributed by atoms with van der Waals surface area (Å²) in [6.45, 7) is 0. The van der Waals surface area contributed by atoms with Crippen molar-refractivity contribution in [1.29, 1.82) is 0 Å². The van der Waals surface area contributed by atoms with Crippen LogP contribution in [-0.4, -0.2) is 26.9 Å². The molecule has 2 aromatic heterocycles. The molecular formula is C22H14ClF4N5O4. The summed E-state index contributed by atoms with van der Waals surface area (Å²) in [6, 6.07) is 8.15. The number of benzene rings is 2. The lowest BCUT2D eigenvalue weighted by Gasteiger charge is -2.30. The van der Waals surface area contributed by atoms with Gasteiger partial charge in [0.15, 0.2) is 0 Å². The predicted octanol–water partition coefficient (Wildman–Crippen LogP) is 6.07. The number of anilines is 2. The van der Waals surface area contributed by atoms with Crippen molar-refractivity contribution in [2.75, 3.05) is 10.6 Å². The summed E-state index contributed by atoms with van der Waals surface area (Å²) in [5, 5.41) is 4.89. The van der Waals surface area contributed by atoms with Gasteiger partial charge in [-0.05, 0) is 36.4 Å². The fourth-order valence-electron chi connectivity index (χ4n) is 3.49. The molecule has 2 N–H and O–H groups in total. The van der Waals surface area contributed by atoms with Gasteiger partial charge in [0.2, 0.25) is 5.88 Å². The molecular weight excluding hydrogens is 510 g/mol. The molecule has 0 radical (unpaired) electrons. The molecule has 0 bridgehead atoms. The van der Waals surface area contributed by atoms with Crippen LogP contribution >= 0.6 is 11.6 Å². The second-order valence-corrected chi connectivity index (χ2v) is 7.96. The number of aromatic nitrogens is 3. The maximum Gasteiger partial charge on any atom is 0.540 e. The fraction of sp³-hybridized carbons (Fsp3) is 0.136. The Morgan fingerprint density at radius 3 is 2.67 bits per heavy atom. The molecule has 9 nitrogen and oxygen atoms in total. The fourth-order valence-corrected chi connectivity index (χ4v) is 3.71. The number of carbonyl (C=O) groups excluding carboxylic acids is 1. The van der Waals surface area contributed by atoms with Crippen LogP contribution in [0.1, 0.15) is 5.56 Å². The van der Waals surface area contributed by atoms with E-state index < -0.39 is 29.7 Å². The van der Waals surface area contributed by atoms with Crippen LogP contribution in [0.4, 0.5) is 33.7 Å². The summed E-state index contributed by atoms with van der Waals surface area (Å²) in [5.74, 6) is -0.144. The molecule has 2 aromatic carbocycles. The summed E-state index contributed by atoms with van der Waals surface area (Å²) >= 11 is 6.27. The number of halogens is 5. The lowest BCUT2D eigenvalue weighted by molar-refractivity contribution is -0.461. The zero-order valence-electron chi connectivity index (χ0n) is 18.1. The minimum Gasteiger partial charge on any atom is -0.437 e. The standard InChI is InChI=1S/C22H14ClF4N5O4/c1-32-7-6-16-18(32)19(29-10-28-16)34-12-3-4-15(14(23)9-12)31-20(33)30-11-2-5-17-13(8-11)21(24,25)36-22(26,27)35-17/h2-10H,1H3,(H2,30,31,33). The molecule has 1 aliphatic rings. The Balaban J connectivity index is 1.29. The monoisotopic (exact) mass is 523 g/mol. The molecule has 0 aliphatic carbocycles. The first-order valence-electron chi connectivity index (χ1n) is 10.1. The number of hydrogen-bond acceptors (Lipinski definition) is 6. The molecule has 36 heavy (non-hydrogen) atoms. The zero-order valence-corrected chi connectivity index (χ0v) is 18.8. The Kier molecular flexibility index (Phi) is 5.60. The summed E-state index contributed by atoms with van der Waals surface area (Å²) in [6.07, 6.45) is -5.65. The van der Waals surface area contributed by atoms with E-state index in [4.69, 9.17) is 16.3 Å². The van der Waals surface area contributed by atoms with Crippen LogP contribution in [0.15, 0.2) is 55.0 Å². The smallest absolute Gasteiger partial charge is 0.437 e. The maximum atomic E-state index is 13.9. The molecule has 186 valence electrons. The third-order valence-corrected chi connectivity index (χ3v) is 5.37. The molecule has 0 saturated heterocycles. The van der Waals surface area contributed by atoms with E-state index >= 15 is 0 Å². The number of aryl methyl sites for hydroxylation is 1. The molecule has 0 atom stereocenters. The van der Waals surface area contributed by atoms with Gasteiger partial charge in [0.05, 0.1) is 21.8 Å². The Morgan fingerprint density at radius 2 is 1.89 bits per heavy atom. The van der Waals surface area contributed by atoms with E-state index in [1.165, 1.54) is 24.5 Å². The van der Waals surface area contributed by atoms with E-state index in [1.807, 2.05) is 19.3 Å². The molecule has 3 heterocycles. The molecule has 4 aromatic rings. The van der Waals surface area contributed by atoms with E-state index in [0.717, 1.165) is 18.2 Å². The second-order valence-electron chi connectivity index (χ2n) is 7.56. The van der Waals surface area contributed by atoms with Crippen LogP contribution in [-0.2, 0) is 17.9 Å². The third-order valence-electron chi connectivity index (χ3n) is 5.06. The Hall–Kier alpha value is -4.10. The minimum atomic E-state index is -4.49. The molecule has 0 saturated carbocycles. The van der Waals surface area contributed by atoms with Crippen molar-refractivity contribution in [3.63, 3.8) is 0 Å². The summed E-state index contributed by atoms with van der Waals surface area (Å²) in [4.78, 5) is 20.7. The van der Waals surface area contributed by atoms with E-state index in [2.05, 4.69) is 30.1 Å². The van der Waals surface area contributed by atoms with Gasteiger partial charge in [-0.25, -0.2) is 14.5 Å². The number of amides is 2. The largest absolute Gasteiger partial charge is 0.540 e. The summed E-state index contributed by atoms with van der Waals surface area (Å²) in [5.41, 5.74) is 0.445. The molecule has 0 spiro atoms. The topological polar surface area (TPSA) is 99.5 Å². The molecule has 0 fully saturated rings. The highest BCUT2D eigenvalue weighted by Crippen LogP contribution is 2.47. The Morgan fingerprint density at radius 1 is 1.08 bits per heavy atom. The lowest BCUT2D eigenvalue weighted by atomic mass is 10.1. The van der Waals surface area contributed by atoms with Gasteiger partial charge in [-0.1, -0.05) is 11.6 Å².